The number of carboxylic acids is 1. The standard InChI is InChI=1S/C11H21NO2Si/c1-5-12(15(2,3)4)10-8-6-7-9(10)11(13)14/h5-8H2,1-4H3,(H,13,14). The van der Waals surface area contributed by atoms with E-state index in [4.69, 9.17) is 5.11 Å². The van der Waals surface area contributed by atoms with Crippen LogP contribution in [-0.2, 0) is 4.79 Å². The summed E-state index contributed by atoms with van der Waals surface area (Å²) in [6.07, 6.45) is 2.68. The molecular formula is C11H21NO2Si. The van der Waals surface area contributed by atoms with Crippen LogP contribution >= 0.6 is 0 Å². The largest absolute Gasteiger partial charge is 0.478 e. The summed E-state index contributed by atoms with van der Waals surface area (Å²) in [5.74, 6) is -0.723. The monoisotopic (exact) mass is 227 g/mol. The van der Waals surface area contributed by atoms with E-state index in [2.05, 4.69) is 31.1 Å². The number of allylic oxidation sites excluding steroid dienone is 1. The van der Waals surface area contributed by atoms with Gasteiger partial charge in [-0.1, -0.05) is 19.6 Å². The van der Waals surface area contributed by atoms with Crippen molar-refractivity contribution >= 4 is 14.2 Å². The Morgan fingerprint density at radius 1 is 1.40 bits per heavy atom. The van der Waals surface area contributed by atoms with Crippen molar-refractivity contribution < 1.29 is 9.90 Å². The molecule has 4 heteroatoms. The van der Waals surface area contributed by atoms with Crippen LogP contribution in [0.25, 0.3) is 0 Å². The zero-order valence-corrected chi connectivity index (χ0v) is 11.1. The van der Waals surface area contributed by atoms with Crippen molar-refractivity contribution in [2.75, 3.05) is 6.54 Å². The molecular weight excluding hydrogens is 206 g/mol. The van der Waals surface area contributed by atoms with Crippen molar-refractivity contribution in [3.63, 3.8) is 0 Å². The number of hydrogen-bond acceptors (Lipinski definition) is 2. The molecule has 1 rings (SSSR count). The Morgan fingerprint density at radius 3 is 2.40 bits per heavy atom. The lowest BCUT2D eigenvalue weighted by molar-refractivity contribution is -0.132. The van der Waals surface area contributed by atoms with Crippen LogP contribution in [0.3, 0.4) is 0 Å². The lowest BCUT2D eigenvalue weighted by atomic mass is 10.2. The molecule has 0 aromatic heterocycles. The Bertz CT molecular complexity index is 291. The second-order valence-corrected chi connectivity index (χ2v) is 9.88. The highest BCUT2D eigenvalue weighted by molar-refractivity contribution is 6.73. The topological polar surface area (TPSA) is 40.5 Å². The number of carbonyl (C=O) groups is 1. The molecule has 1 aliphatic rings. The number of hydrogen-bond donors (Lipinski definition) is 1. The molecule has 0 amide bonds. The zero-order chi connectivity index (χ0) is 11.6. The number of rotatable bonds is 4. The summed E-state index contributed by atoms with van der Waals surface area (Å²) in [5.41, 5.74) is 1.75. The quantitative estimate of drug-likeness (QED) is 0.751. The molecule has 0 heterocycles. The van der Waals surface area contributed by atoms with E-state index >= 15 is 0 Å². The molecule has 0 atom stereocenters. The van der Waals surface area contributed by atoms with Gasteiger partial charge in [0.2, 0.25) is 0 Å². The van der Waals surface area contributed by atoms with E-state index in [1.165, 1.54) is 0 Å². The number of aliphatic carboxylic acids is 1. The smallest absolute Gasteiger partial charge is 0.333 e. The van der Waals surface area contributed by atoms with Gasteiger partial charge in [-0.2, -0.15) is 0 Å². The minimum atomic E-state index is -1.43. The molecule has 0 fully saturated rings. The first kappa shape index (κ1) is 12.3. The molecule has 0 aromatic carbocycles. The molecule has 0 saturated carbocycles. The van der Waals surface area contributed by atoms with Crippen LogP contribution in [0.5, 0.6) is 0 Å². The van der Waals surface area contributed by atoms with Crippen LogP contribution in [0, 0.1) is 0 Å². The normalized spacial score (nSPS) is 17.1. The maximum absolute atomic E-state index is 11.1. The van der Waals surface area contributed by atoms with Gasteiger partial charge in [-0.15, -0.1) is 0 Å². The predicted octanol–water partition coefficient (Wildman–Crippen LogP) is 2.67. The Labute approximate surface area is 92.9 Å². The van der Waals surface area contributed by atoms with E-state index in [9.17, 15) is 4.79 Å². The van der Waals surface area contributed by atoms with Gasteiger partial charge in [0, 0.05) is 12.2 Å². The van der Waals surface area contributed by atoms with Gasteiger partial charge in [-0.25, -0.2) is 4.79 Å². The van der Waals surface area contributed by atoms with Crippen molar-refractivity contribution in [3.8, 4) is 0 Å². The van der Waals surface area contributed by atoms with E-state index in [0.717, 1.165) is 31.5 Å². The van der Waals surface area contributed by atoms with Gasteiger partial charge in [0.15, 0.2) is 0 Å². The van der Waals surface area contributed by atoms with Crippen molar-refractivity contribution in [1.82, 2.24) is 4.57 Å². The van der Waals surface area contributed by atoms with Gasteiger partial charge in [0.1, 0.15) is 8.24 Å². The molecule has 0 aliphatic heterocycles. The summed E-state index contributed by atoms with van der Waals surface area (Å²) in [6.45, 7) is 9.84. The maximum Gasteiger partial charge on any atom is 0.333 e. The fraction of sp³-hybridized carbons (Fsp3) is 0.727. The molecule has 1 aliphatic carbocycles. The summed E-state index contributed by atoms with van der Waals surface area (Å²) < 4.78 is 2.35. The van der Waals surface area contributed by atoms with E-state index < -0.39 is 14.2 Å². The van der Waals surface area contributed by atoms with Crippen molar-refractivity contribution in [1.29, 1.82) is 0 Å². The number of nitrogens with zero attached hydrogens (tertiary/aromatic N) is 1. The van der Waals surface area contributed by atoms with Gasteiger partial charge in [-0.05, 0) is 26.2 Å². The Balaban J connectivity index is 3.03. The Kier molecular flexibility index (Phi) is 3.60. The lowest BCUT2D eigenvalue weighted by Gasteiger charge is -2.37. The van der Waals surface area contributed by atoms with Gasteiger partial charge in [-0.3, -0.25) is 0 Å². The summed E-state index contributed by atoms with van der Waals surface area (Å²) in [7, 11) is -1.43. The molecule has 0 spiro atoms. The predicted molar refractivity (Wildman–Crippen MR) is 64.2 cm³/mol. The third-order valence-corrected chi connectivity index (χ3v) is 5.10. The number of carboxylic acid groups (broad SMARTS) is 1. The summed E-state index contributed by atoms with van der Waals surface area (Å²) >= 11 is 0. The average Bonchev–Trinajstić information content (AvgIpc) is 2.51. The highest BCUT2D eigenvalue weighted by Gasteiger charge is 2.30. The lowest BCUT2D eigenvalue weighted by Crippen LogP contribution is -2.45. The van der Waals surface area contributed by atoms with Crippen LogP contribution in [0.1, 0.15) is 26.2 Å². The van der Waals surface area contributed by atoms with Crippen LogP contribution in [0.2, 0.25) is 19.6 Å². The molecule has 15 heavy (non-hydrogen) atoms. The van der Waals surface area contributed by atoms with Crippen molar-refractivity contribution in [2.24, 2.45) is 0 Å². The molecule has 0 unspecified atom stereocenters. The second-order valence-electron chi connectivity index (χ2n) is 5.00. The minimum Gasteiger partial charge on any atom is -0.478 e. The van der Waals surface area contributed by atoms with Gasteiger partial charge in [0.05, 0.1) is 5.57 Å². The van der Waals surface area contributed by atoms with E-state index in [1.54, 1.807) is 0 Å². The first-order valence-corrected chi connectivity index (χ1v) is 9.05. The fourth-order valence-corrected chi connectivity index (χ4v) is 4.33. The molecule has 86 valence electrons. The first-order chi connectivity index (χ1) is 6.88. The summed E-state index contributed by atoms with van der Waals surface area (Å²) in [4.78, 5) is 11.1. The van der Waals surface area contributed by atoms with E-state index in [1.807, 2.05) is 0 Å². The molecule has 0 bridgehead atoms. The highest BCUT2D eigenvalue weighted by atomic mass is 28.3. The van der Waals surface area contributed by atoms with Crippen LogP contribution < -0.4 is 0 Å². The van der Waals surface area contributed by atoms with Crippen LogP contribution in [-0.4, -0.2) is 30.4 Å². The van der Waals surface area contributed by atoms with Crippen LogP contribution in [0.4, 0.5) is 0 Å². The van der Waals surface area contributed by atoms with Crippen molar-refractivity contribution in [3.05, 3.63) is 11.3 Å². The fourth-order valence-electron chi connectivity index (χ4n) is 2.33. The zero-order valence-electron chi connectivity index (χ0n) is 10.1. The molecule has 0 radical (unpaired) electrons. The summed E-state index contributed by atoms with van der Waals surface area (Å²) in [6, 6.07) is 0. The molecule has 3 nitrogen and oxygen atoms in total. The molecule has 0 saturated heterocycles. The summed E-state index contributed by atoms with van der Waals surface area (Å²) in [5, 5.41) is 9.12. The highest BCUT2D eigenvalue weighted by Crippen LogP contribution is 2.31. The Morgan fingerprint density at radius 2 is 2.00 bits per heavy atom. The first-order valence-electron chi connectivity index (χ1n) is 5.61. The molecule has 0 aromatic rings. The van der Waals surface area contributed by atoms with Crippen molar-refractivity contribution in [2.45, 2.75) is 45.8 Å². The Hall–Kier alpha value is -0.773. The maximum atomic E-state index is 11.1. The average molecular weight is 227 g/mol. The second kappa shape index (κ2) is 4.39. The third-order valence-electron chi connectivity index (χ3n) is 2.90. The van der Waals surface area contributed by atoms with Crippen LogP contribution in [0.15, 0.2) is 11.3 Å². The van der Waals surface area contributed by atoms with Gasteiger partial charge < -0.3 is 9.67 Å². The van der Waals surface area contributed by atoms with Gasteiger partial charge in [0.25, 0.3) is 0 Å². The SMILES string of the molecule is CCN(C1=C(C(=O)O)CCC1)[Si](C)(C)C. The molecule has 1 N–H and O–H groups in total. The van der Waals surface area contributed by atoms with E-state index in [-0.39, 0.29) is 0 Å². The minimum absolute atomic E-state index is 0.652. The third kappa shape index (κ3) is 2.62. The van der Waals surface area contributed by atoms with E-state index in [0.29, 0.717) is 5.57 Å². The van der Waals surface area contributed by atoms with Gasteiger partial charge >= 0.3 is 5.97 Å².